The van der Waals surface area contributed by atoms with Crippen LogP contribution in [-0.2, 0) is 19.0 Å². The van der Waals surface area contributed by atoms with Crippen LogP contribution in [0.15, 0.2) is 64.3 Å². The molecule has 3 aromatic rings. The zero-order valence-electron chi connectivity index (χ0n) is 21.7. The second-order valence-electron chi connectivity index (χ2n) is 8.49. The van der Waals surface area contributed by atoms with Crippen molar-refractivity contribution in [2.45, 2.75) is 38.3 Å². The summed E-state index contributed by atoms with van der Waals surface area (Å²) >= 11 is 0. The summed E-state index contributed by atoms with van der Waals surface area (Å²) in [6, 6.07) is 10.8. The first kappa shape index (κ1) is 31.5. The number of ether oxygens (including phenoxy) is 5. The van der Waals surface area contributed by atoms with Crippen molar-refractivity contribution in [1.82, 2.24) is 0 Å². The Labute approximate surface area is 229 Å². The van der Waals surface area contributed by atoms with E-state index in [1.165, 1.54) is 25.3 Å². The Kier molecular flexibility index (Phi) is 9.71. The third-order valence-corrected chi connectivity index (χ3v) is 5.43. The Morgan fingerprint density at radius 3 is 2.15 bits per heavy atom. The molecule has 8 nitrogen and oxygen atoms in total. The molecule has 222 valence electrons. The summed E-state index contributed by atoms with van der Waals surface area (Å²) in [6.45, 7) is 2.85. The Balaban J connectivity index is 1.60. The van der Waals surface area contributed by atoms with E-state index in [-0.39, 0.29) is 16.9 Å². The molecule has 0 spiro atoms. The number of hydrogen-bond donors (Lipinski definition) is 0. The molecular weight excluding hydrogens is 566 g/mol. The van der Waals surface area contributed by atoms with Gasteiger partial charge in [0, 0.05) is 17.5 Å². The van der Waals surface area contributed by atoms with Gasteiger partial charge in [-0.2, -0.15) is 17.6 Å². The van der Waals surface area contributed by atoms with Crippen LogP contribution < -0.4 is 15.1 Å². The Bertz CT molecular complexity index is 1450. The van der Waals surface area contributed by atoms with Crippen LogP contribution in [0.2, 0.25) is 0 Å². The van der Waals surface area contributed by atoms with Gasteiger partial charge in [0.05, 0.1) is 38.7 Å². The molecule has 0 saturated carbocycles. The summed E-state index contributed by atoms with van der Waals surface area (Å²) in [4.78, 5) is 23.4. The Hall–Kier alpha value is -4.04. The van der Waals surface area contributed by atoms with Gasteiger partial charge in [-0.1, -0.05) is 12.6 Å². The summed E-state index contributed by atoms with van der Waals surface area (Å²) in [6.07, 6.45) is -17.1. The second kappa shape index (κ2) is 12.6. The average molecular weight is 590 g/mol. The maximum atomic E-state index is 13.9. The lowest BCUT2D eigenvalue weighted by Gasteiger charge is -2.26. The summed E-state index contributed by atoms with van der Waals surface area (Å²) in [5.74, 6) is -0.544. The van der Waals surface area contributed by atoms with Crippen LogP contribution in [-0.4, -0.2) is 44.8 Å². The predicted molar refractivity (Wildman–Crippen MR) is 132 cm³/mol. The van der Waals surface area contributed by atoms with E-state index in [0.29, 0.717) is 22.8 Å². The number of halogens is 6. The average Bonchev–Trinajstić information content (AvgIpc) is 2.86. The van der Waals surface area contributed by atoms with E-state index >= 15 is 0 Å². The van der Waals surface area contributed by atoms with Crippen molar-refractivity contribution in [1.29, 1.82) is 0 Å². The first-order valence-electron chi connectivity index (χ1n) is 11.8. The molecule has 3 rings (SSSR count). The largest absolute Gasteiger partial charge is 0.497 e. The SMILES string of the molecule is C=CC(=O)OCCC(F)(F)OC(F)(F)OC(F)(F)CCOc1ccc2cc(-c3ccc(OC)cc3C)c(=O)oc2c1. The maximum Gasteiger partial charge on any atom is 0.494 e. The number of fused-ring (bicyclic) bond motifs is 1. The standard InChI is InChI=1S/C27H24F6O8/c1-4-23(34)38-12-10-26(30,31)41-27(32,33)40-25(28,29)9-11-37-19-6-5-17-14-21(24(35)39-22(17)15-19)20-8-7-18(36-3)13-16(20)2/h4-8,13-15H,1,9-12H2,2-3H3. The number of benzene rings is 2. The van der Waals surface area contributed by atoms with Gasteiger partial charge in [-0.25, -0.2) is 19.1 Å². The van der Waals surface area contributed by atoms with Gasteiger partial charge in [-0.15, -0.1) is 8.78 Å². The first-order chi connectivity index (χ1) is 19.1. The molecule has 2 aromatic carbocycles. The van der Waals surface area contributed by atoms with Gasteiger partial charge >= 0.3 is 30.1 Å². The Morgan fingerprint density at radius 1 is 0.902 bits per heavy atom. The highest BCUT2D eigenvalue weighted by atomic mass is 19.3. The van der Waals surface area contributed by atoms with Crippen molar-refractivity contribution in [3.63, 3.8) is 0 Å². The monoisotopic (exact) mass is 590 g/mol. The number of methoxy groups -OCH3 is 1. The molecule has 0 saturated heterocycles. The molecule has 1 aromatic heterocycles. The minimum absolute atomic E-state index is 0.0477. The van der Waals surface area contributed by atoms with E-state index in [1.807, 2.05) is 0 Å². The van der Waals surface area contributed by atoms with Crippen LogP contribution in [0.5, 0.6) is 11.5 Å². The van der Waals surface area contributed by atoms with E-state index < -0.39 is 56.2 Å². The molecule has 0 aliphatic heterocycles. The number of alkyl halides is 6. The molecule has 41 heavy (non-hydrogen) atoms. The zero-order chi connectivity index (χ0) is 30.4. The molecule has 1 heterocycles. The van der Waals surface area contributed by atoms with Crippen molar-refractivity contribution in [3.8, 4) is 22.6 Å². The molecular formula is C27H24F6O8. The van der Waals surface area contributed by atoms with Crippen molar-refractivity contribution in [2.24, 2.45) is 0 Å². The summed E-state index contributed by atoms with van der Waals surface area (Å²) in [7, 11) is 1.51. The second-order valence-corrected chi connectivity index (χ2v) is 8.49. The van der Waals surface area contributed by atoms with Gasteiger partial charge in [-0.05, 0) is 48.4 Å². The van der Waals surface area contributed by atoms with E-state index in [0.717, 1.165) is 5.56 Å². The summed E-state index contributed by atoms with van der Waals surface area (Å²) in [5.41, 5.74) is 1.02. The van der Waals surface area contributed by atoms with E-state index in [1.54, 1.807) is 31.2 Å². The number of hydrogen-bond acceptors (Lipinski definition) is 8. The molecule has 0 radical (unpaired) electrons. The molecule has 0 bridgehead atoms. The van der Waals surface area contributed by atoms with Crippen LogP contribution >= 0.6 is 0 Å². The fourth-order valence-electron chi connectivity index (χ4n) is 3.52. The molecule has 14 heteroatoms. The molecule has 0 atom stereocenters. The Morgan fingerprint density at radius 2 is 1.54 bits per heavy atom. The van der Waals surface area contributed by atoms with Crippen molar-refractivity contribution >= 4 is 16.9 Å². The summed E-state index contributed by atoms with van der Waals surface area (Å²) in [5, 5.41) is 0.479. The third-order valence-electron chi connectivity index (χ3n) is 5.43. The third kappa shape index (κ3) is 8.98. The number of carbonyl (C=O) groups is 1. The van der Waals surface area contributed by atoms with Gasteiger partial charge in [-0.3, -0.25) is 0 Å². The minimum Gasteiger partial charge on any atom is -0.497 e. The van der Waals surface area contributed by atoms with Crippen LogP contribution in [0.4, 0.5) is 26.3 Å². The first-order valence-corrected chi connectivity index (χ1v) is 11.8. The van der Waals surface area contributed by atoms with Gasteiger partial charge in [0.25, 0.3) is 0 Å². The van der Waals surface area contributed by atoms with Crippen LogP contribution in [0, 0.1) is 6.92 Å². The number of esters is 1. The highest BCUT2D eigenvalue weighted by Gasteiger charge is 2.52. The molecule has 0 N–H and O–H groups in total. The smallest absolute Gasteiger partial charge is 0.494 e. The maximum absolute atomic E-state index is 13.9. The zero-order valence-corrected chi connectivity index (χ0v) is 21.7. The number of carbonyl (C=O) groups excluding carboxylic acids is 1. The van der Waals surface area contributed by atoms with Gasteiger partial charge in [0.1, 0.15) is 17.1 Å². The van der Waals surface area contributed by atoms with Crippen molar-refractivity contribution in [2.75, 3.05) is 20.3 Å². The van der Waals surface area contributed by atoms with E-state index in [9.17, 15) is 35.9 Å². The lowest BCUT2D eigenvalue weighted by molar-refractivity contribution is -0.514. The van der Waals surface area contributed by atoms with Crippen molar-refractivity contribution < 1.29 is 59.2 Å². The lowest BCUT2D eigenvalue weighted by Crippen LogP contribution is -2.41. The van der Waals surface area contributed by atoms with Crippen LogP contribution in [0.1, 0.15) is 18.4 Å². The van der Waals surface area contributed by atoms with E-state index in [2.05, 4.69) is 20.8 Å². The highest BCUT2D eigenvalue weighted by molar-refractivity contribution is 5.83. The minimum atomic E-state index is -5.40. The molecule has 0 aliphatic rings. The molecule has 0 amide bonds. The van der Waals surface area contributed by atoms with E-state index in [4.69, 9.17) is 13.9 Å². The quantitative estimate of drug-likeness (QED) is 0.0697. The number of rotatable bonds is 14. The lowest BCUT2D eigenvalue weighted by atomic mass is 10.0. The van der Waals surface area contributed by atoms with Crippen LogP contribution in [0.3, 0.4) is 0 Å². The predicted octanol–water partition coefficient (Wildman–Crippen LogP) is 6.43. The van der Waals surface area contributed by atoms with Crippen LogP contribution in [0.25, 0.3) is 22.1 Å². The van der Waals surface area contributed by atoms with Crippen molar-refractivity contribution in [3.05, 3.63) is 71.1 Å². The molecule has 0 unspecified atom stereocenters. The number of aryl methyl sites for hydroxylation is 1. The fraction of sp³-hybridized carbons (Fsp3) is 0.333. The normalized spacial score (nSPS) is 12.3. The topological polar surface area (TPSA) is 93.4 Å². The van der Waals surface area contributed by atoms with Gasteiger partial charge in [0.2, 0.25) is 0 Å². The molecule has 0 aliphatic carbocycles. The highest BCUT2D eigenvalue weighted by Crippen LogP contribution is 2.36. The van der Waals surface area contributed by atoms with Gasteiger partial charge in [0.15, 0.2) is 0 Å². The summed E-state index contributed by atoms with van der Waals surface area (Å²) < 4.78 is 108. The molecule has 0 fully saturated rings. The van der Waals surface area contributed by atoms with Gasteiger partial charge < -0.3 is 18.6 Å². The fourth-order valence-corrected chi connectivity index (χ4v) is 3.52.